The topological polar surface area (TPSA) is 48.7 Å². The van der Waals surface area contributed by atoms with Crippen molar-refractivity contribution in [2.75, 3.05) is 7.11 Å². The second-order valence-corrected chi connectivity index (χ2v) is 4.85. The number of ether oxygens (including phenoxy) is 2. The van der Waals surface area contributed by atoms with Crippen LogP contribution >= 0.6 is 15.9 Å². The van der Waals surface area contributed by atoms with Crippen molar-refractivity contribution in [1.29, 1.82) is 0 Å². The molecule has 0 bridgehead atoms. The van der Waals surface area contributed by atoms with Gasteiger partial charge in [-0.2, -0.15) is 5.10 Å². The number of imidazole rings is 1. The molecule has 0 N–H and O–H groups in total. The van der Waals surface area contributed by atoms with E-state index < -0.39 is 0 Å². The van der Waals surface area contributed by atoms with Gasteiger partial charge in [0.15, 0.2) is 5.82 Å². The third-order valence-corrected chi connectivity index (χ3v) is 3.44. The van der Waals surface area contributed by atoms with Crippen molar-refractivity contribution < 1.29 is 9.47 Å². The summed E-state index contributed by atoms with van der Waals surface area (Å²) in [4.78, 5) is 4.41. The molecule has 0 aliphatic heterocycles. The largest absolute Gasteiger partial charge is 0.497 e. The molecule has 0 amide bonds. The number of methoxy groups -OCH3 is 1. The van der Waals surface area contributed by atoms with E-state index in [1.807, 2.05) is 36.4 Å². The average Bonchev–Trinajstić information content (AvgIpc) is 2.83. The fraction of sp³-hybridized carbons (Fsp3) is 0.143. The highest BCUT2D eigenvalue weighted by Gasteiger charge is 2.09. The Morgan fingerprint density at radius 2 is 1.90 bits per heavy atom. The lowest BCUT2D eigenvalue weighted by molar-refractivity contribution is 0.292. The second kappa shape index (κ2) is 5.50. The first-order valence-electron chi connectivity index (χ1n) is 6.03. The van der Waals surface area contributed by atoms with Gasteiger partial charge in [0.25, 0.3) is 0 Å². The summed E-state index contributed by atoms with van der Waals surface area (Å²) in [7, 11) is 1.63. The zero-order valence-electron chi connectivity index (χ0n) is 10.8. The van der Waals surface area contributed by atoms with E-state index in [1.165, 1.54) is 0 Å². The number of rotatable bonds is 4. The van der Waals surface area contributed by atoms with Gasteiger partial charge in [0, 0.05) is 6.20 Å². The van der Waals surface area contributed by atoms with Crippen LogP contribution in [-0.2, 0) is 6.61 Å². The minimum atomic E-state index is 0.343. The highest BCUT2D eigenvalue weighted by molar-refractivity contribution is 9.10. The number of fused-ring (bicyclic) bond motifs is 1. The van der Waals surface area contributed by atoms with Crippen LogP contribution in [0.15, 0.2) is 47.2 Å². The Labute approximate surface area is 124 Å². The van der Waals surface area contributed by atoms with Gasteiger partial charge in [-0.3, -0.25) is 0 Å². The van der Waals surface area contributed by atoms with Crippen LogP contribution in [0.5, 0.6) is 11.5 Å². The average molecular weight is 334 g/mol. The van der Waals surface area contributed by atoms with Crippen molar-refractivity contribution >= 4 is 21.4 Å². The van der Waals surface area contributed by atoms with Crippen LogP contribution < -0.4 is 9.47 Å². The van der Waals surface area contributed by atoms with E-state index >= 15 is 0 Å². The van der Waals surface area contributed by atoms with Crippen LogP contribution in [0.2, 0.25) is 0 Å². The quantitative estimate of drug-likeness (QED) is 0.736. The number of nitrogens with zero attached hydrogens (tertiary/aromatic N) is 3. The third kappa shape index (κ3) is 2.46. The molecule has 1 aromatic carbocycles. The van der Waals surface area contributed by atoms with Crippen LogP contribution in [0.3, 0.4) is 0 Å². The van der Waals surface area contributed by atoms with E-state index in [9.17, 15) is 0 Å². The van der Waals surface area contributed by atoms with E-state index in [-0.39, 0.29) is 0 Å². The molecule has 2 aromatic heterocycles. The molecule has 20 heavy (non-hydrogen) atoms. The van der Waals surface area contributed by atoms with Crippen LogP contribution in [0.25, 0.3) is 5.52 Å². The van der Waals surface area contributed by atoms with Gasteiger partial charge in [0.2, 0.25) is 0 Å². The highest BCUT2D eigenvalue weighted by atomic mass is 79.9. The monoisotopic (exact) mass is 333 g/mol. The van der Waals surface area contributed by atoms with Crippen LogP contribution in [0.4, 0.5) is 0 Å². The molecule has 3 aromatic rings. The van der Waals surface area contributed by atoms with E-state index in [0.717, 1.165) is 27.4 Å². The summed E-state index contributed by atoms with van der Waals surface area (Å²) in [5.74, 6) is 2.30. The molecule has 5 nitrogen and oxygen atoms in total. The van der Waals surface area contributed by atoms with E-state index in [2.05, 4.69) is 26.0 Å². The summed E-state index contributed by atoms with van der Waals surface area (Å²) in [5, 5.41) is 4.27. The summed E-state index contributed by atoms with van der Waals surface area (Å²) in [6.45, 7) is 0.343. The molecule has 6 heteroatoms. The van der Waals surface area contributed by atoms with E-state index in [0.29, 0.717) is 6.61 Å². The summed E-state index contributed by atoms with van der Waals surface area (Å²) < 4.78 is 13.3. The predicted octanol–water partition coefficient (Wildman–Crippen LogP) is 3.08. The molecule has 0 spiro atoms. The Balaban J connectivity index is 1.79. The van der Waals surface area contributed by atoms with Gasteiger partial charge in [0.1, 0.15) is 22.7 Å². The van der Waals surface area contributed by atoms with Gasteiger partial charge >= 0.3 is 0 Å². The number of benzene rings is 1. The predicted molar refractivity (Wildman–Crippen MR) is 78.0 cm³/mol. The van der Waals surface area contributed by atoms with Crippen molar-refractivity contribution in [2.45, 2.75) is 6.61 Å². The maximum Gasteiger partial charge on any atom is 0.169 e. The molecular formula is C14H12BrN3O2. The van der Waals surface area contributed by atoms with Gasteiger partial charge in [-0.25, -0.2) is 9.50 Å². The molecule has 102 valence electrons. The van der Waals surface area contributed by atoms with Crippen LogP contribution in [-0.4, -0.2) is 21.7 Å². The molecule has 0 saturated carbocycles. The van der Waals surface area contributed by atoms with E-state index in [4.69, 9.17) is 9.47 Å². The summed E-state index contributed by atoms with van der Waals surface area (Å²) >= 11 is 3.42. The standard InChI is InChI=1S/C14H12BrN3O2/c1-19-10-4-6-11(7-5-10)20-9-13-17-14(15)12-3-2-8-16-18(12)13/h2-8H,9H2,1H3. The molecule has 0 atom stereocenters. The van der Waals surface area contributed by atoms with Gasteiger partial charge < -0.3 is 9.47 Å². The first-order valence-corrected chi connectivity index (χ1v) is 6.82. The van der Waals surface area contributed by atoms with Crippen molar-refractivity contribution in [3.63, 3.8) is 0 Å². The molecule has 0 fully saturated rings. The number of hydrogen-bond acceptors (Lipinski definition) is 4. The van der Waals surface area contributed by atoms with Crippen LogP contribution in [0, 0.1) is 0 Å². The fourth-order valence-electron chi connectivity index (χ4n) is 1.87. The normalized spacial score (nSPS) is 10.7. The van der Waals surface area contributed by atoms with Crippen molar-refractivity contribution in [2.24, 2.45) is 0 Å². The smallest absolute Gasteiger partial charge is 0.169 e. The van der Waals surface area contributed by atoms with E-state index in [1.54, 1.807) is 17.8 Å². The number of aromatic nitrogens is 3. The molecule has 2 heterocycles. The summed E-state index contributed by atoms with van der Waals surface area (Å²) in [5.41, 5.74) is 0.917. The van der Waals surface area contributed by atoms with Crippen LogP contribution in [0.1, 0.15) is 5.82 Å². The first-order chi connectivity index (χ1) is 9.78. The summed E-state index contributed by atoms with van der Waals surface area (Å²) in [6, 6.07) is 11.2. The lowest BCUT2D eigenvalue weighted by Gasteiger charge is -2.06. The minimum absolute atomic E-state index is 0.343. The van der Waals surface area contributed by atoms with Crippen molar-refractivity contribution in [3.05, 3.63) is 53.0 Å². The first kappa shape index (κ1) is 12.9. The zero-order valence-corrected chi connectivity index (χ0v) is 12.4. The Hall–Kier alpha value is -2.08. The third-order valence-electron chi connectivity index (χ3n) is 2.86. The van der Waals surface area contributed by atoms with Gasteiger partial charge in [-0.05, 0) is 52.3 Å². The zero-order chi connectivity index (χ0) is 13.9. The Morgan fingerprint density at radius 1 is 1.15 bits per heavy atom. The molecule has 3 rings (SSSR count). The Bertz CT molecular complexity index is 725. The molecule has 0 aliphatic rings. The lowest BCUT2D eigenvalue weighted by Crippen LogP contribution is -2.03. The maximum atomic E-state index is 5.71. The lowest BCUT2D eigenvalue weighted by atomic mass is 10.3. The molecule has 0 aliphatic carbocycles. The molecular weight excluding hydrogens is 322 g/mol. The summed E-state index contributed by atoms with van der Waals surface area (Å²) in [6.07, 6.45) is 1.72. The molecule has 0 unspecified atom stereocenters. The Morgan fingerprint density at radius 3 is 2.65 bits per heavy atom. The van der Waals surface area contributed by atoms with Crippen molar-refractivity contribution in [3.8, 4) is 11.5 Å². The number of hydrogen-bond donors (Lipinski definition) is 0. The molecule has 0 radical (unpaired) electrons. The fourth-order valence-corrected chi connectivity index (χ4v) is 2.37. The van der Waals surface area contributed by atoms with Gasteiger partial charge in [-0.1, -0.05) is 0 Å². The van der Waals surface area contributed by atoms with Crippen molar-refractivity contribution in [1.82, 2.24) is 14.6 Å². The SMILES string of the molecule is COc1ccc(OCc2nc(Br)c3cccnn23)cc1. The highest BCUT2D eigenvalue weighted by Crippen LogP contribution is 2.20. The Kier molecular flexibility index (Phi) is 3.56. The second-order valence-electron chi connectivity index (χ2n) is 4.10. The number of halogens is 1. The van der Waals surface area contributed by atoms with Gasteiger partial charge in [0.05, 0.1) is 12.6 Å². The molecule has 0 saturated heterocycles. The minimum Gasteiger partial charge on any atom is -0.497 e. The van der Waals surface area contributed by atoms with Gasteiger partial charge in [-0.15, -0.1) is 0 Å². The maximum absolute atomic E-state index is 5.71.